The predicted octanol–water partition coefficient (Wildman–Crippen LogP) is 1.65. The average molecular weight is 265 g/mol. The molecule has 1 aliphatic heterocycles. The summed E-state index contributed by atoms with van der Waals surface area (Å²) in [5, 5.41) is 9.78. The second-order valence-electron chi connectivity index (χ2n) is 4.70. The van der Waals surface area contributed by atoms with Gasteiger partial charge in [-0.15, -0.1) is 0 Å². The van der Waals surface area contributed by atoms with Gasteiger partial charge in [0.05, 0.1) is 18.8 Å². The molecule has 0 bridgehead atoms. The highest BCUT2D eigenvalue weighted by molar-refractivity contribution is 5.97. The normalized spacial score (nSPS) is 18.3. The van der Waals surface area contributed by atoms with Crippen molar-refractivity contribution in [1.29, 1.82) is 0 Å². The number of carbonyl (C=O) groups is 1. The lowest BCUT2D eigenvalue weighted by Crippen LogP contribution is -2.34. The molecule has 5 nitrogen and oxygen atoms in total. The minimum absolute atomic E-state index is 0.0370. The van der Waals surface area contributed by atoms with E-state index >= 15 is 0 Å². The van der Waals surface area contributed by atoms with Gasteiger partial charge in [0, 0.05) is 20.2 Å². The SMILES string of the molecule is COc1ccc(O)c(C(=O)N(C)CC2CCCO2)c1. The first-order valence-corrected chi connectivity index (χ1v) is 6.36. The molecule has 1 atom stereocenters. The van der Waals surface area contributed by atoms with E-state index in [1.165, 1.54) is 13.2 Å². The summed E-state index contributed by atoms with van der Waals surface area (Å²) in [5.41, 5.74) is 0.250. The Labute approximate surface area is 112 Å². The Morgan fingerprint density at radius 2 is 2.37 bits per heavy atom. The second-order valence-corrected chi connectivity index (χ2v) is 4.70. The monoisotopic (exact) mass is 265 g/mol. The van der Waals surface area contributed by atoms with Crippen LogP contribution in [0, 0.1) is 0 Å². The van der Waals surface area contributed by atoms with Crippen LogP contribution in [0.3, 0.4) is 0 Å². The molecule has 19 heavy (non-hydrogen) atoms. The van der Waals surface area contributed by atoms with Gasteiger partial charge in [-0.2, -0.15) is 0 Å². The van der Waals surface area contributed by atoms with E-state index in [2.05, 4.69) is 0 Å². The molecule has 5 heteroatoms. The van der Waals surface area contributed by atoms with Gasteiger partial charge >= 0.3 is 0 Å². The fraction of sp³-hybridized carbons (Fsp3) is 0.500. The summed E-state index contributed by atoms with van der Waals surface area (Å²) in [4.78, 5) is 13.9. The Kier molecular flexibility index (Phi) is 4.27. The van der Waals surface area contributed by atoms with E-state index in [0.29, 0.717) is 12.3 Å². The first kappa shape index (κ1) is 13.7. The number of phenolic OH excluding ortho intramolecular Hbond substituents is 1. The lowest BCUT2D eigenvalue weighted by molar-refractivity contribution is 0.0584. The molecule has 1 N–H and O–H groups in total. The molecule has 0 aliphatic carbocycles. The Morgan fingerprint density at radius 1 is 1.58 bits per heavy atom. The van der Waals surface area contributed by atoms with Crippen LogP contribution in [0.4, 0.5) is 0 Å². The summed E-state index contributed by atoms with van der Waals surface area (Å²) in [6.45, 7) is 1.30. The zero-order valence-electron chi connectivity index (χ0n) is 11.3. The van der Waals surface area contributed by atoms with Gasteiger partial charge in [0.25, 0.3) is 5.91 Å². The Hall–Kier alpha value is -1.75. The number of hydrogen-bond donors (Lipinski definition) is 1. The van der Waals surface area contributed by atoms with Gasteiger partial charge in [-0.25, -0.2) is 0 Å². The zero-order valence-corrected chi connectivity index (χ0v) is 11.3. The highest BCUT2D eigenvalue weighted by Gasteiger charge is 2.22. The largest absolute Gasteiger partial charge is 0.507 e. The van der Waals surface area contributed by atoms with Gasteiger partial charge in [-0.3, -0.25) is 4.79 Å². The third-order valence-electron chi connectivity index (χ3n) is 3.28. The molecule has 0 radical (unpaired) electrons. The molecule has 104 valence electrons. The number of rotatable bonds is 4. The number of hydrogen-bond acceptors (Lipinski definition) is 4. The lowest BCUT2D eigenvalue weighted by Gasteiger charge is -2.21. The predicted molar refractivity (Wildman–Crippen MR) is 70.6 cm³/mol. The van der Waals surface area contributed by atoms with Gasteiger partial charge in [0.1, 0.15) is 11.5 Å². The van der Waals surface area contributed by atoms with E-state index in [1.807, 2.05) is 0 Å². The third kappa shape index (κ3) is 3.17. The minimum atomic E-state index is -0.230. The number of amides is 1. The summed E-state index contributed by atoms with van der Waals surface area (Å²) < 4.78 is 10.6. The topological polar surface area (TPSA) is 59.0 Å². The van der Waals surface area contributed by atoms with Crippen molar-refractivity contribution in [2.75, 3.05) is 27.3 Å². The molecule has 1 amide bonds. The molecular formula is C14H19NO4. The van der Waals surface area contributed by atoms with E-state index in [4.69, 9.17) is 9.47 Å². The van der Waals surface area contributed by atoms with Crippen molar-refractivity contribution in [2.24, 2.45) is 0 Å². The van der Waals surface area contributed by atoms with Crippen molar-refractivity contribution < 1.29 is 19.4 Å². The number of likely N-dealkylation sites (N-methyl/N-ethyl adjacent to an activating group) is 1. The Bertz CT molecular complexity index is 455. The maximum absolute atomic E-state index is 12.3. The number of aromatic hydroxyl groups is 1. The molecule has 0 spiro atoms. The van der Waals surface area contributed by atoms with Crippen molar-refractivity contribution in [1.82, 2.24) is 4.90 Å². The maximum atomic E-state index is 12.3. The van der Waals surface area contributed by atoms with Gasteiger partial charge in [-0.1, -0.05) is 0 Å². The molecule has 1 heterocycles. The smallest absolute Gasteiger partial charge is 0.257 e. The lowest BCUT2D eigenvalue weighted by atomic mass is 10.1. The van der Waals surface area contributed by atoms with Crippen molar-refractivity contribution in [3.63, 3.8) is 0 Å². The zero-order chi connectivity index (χ0) is 13.8. The number of benzene rings is 1. The van der Waals surface area contributed by atoms with Crippen LogP contribution in [0.2, 0.25) is 0 Å². The van der Waals surface area contributed by atoms with Crippen molar-refractivity contribution in [3.05, 3.63) is 23.8 Å². The van der Waals surface area contributed by atoms with E-state index in [9.17, 15) is 9.90 Å². The fourth-order valence-corrected chi connectivity index (χ4v) is 2.20. The summed E-state index contributed by atoms with van der Waals surface area (Å²) in [5.74, 6) is 0.281. The molecular weight excluding hydrogens is 246 g/mol. The fourth-order valence-electron chi connectivity index (χ4n) is 2.20. The Balaban J connectivity index is 2.09. The van der Waals surface area contributed by atoms with Crippen LogP contribution in [0.15, 0.2) is 18.2 Å². The molecule has 1 fully saturated rings. The van der Waals surface area contributed by atoms with Crippen molar-refractivity contribution in [2.45, 2.75) is 18.9 Å². The second kappa shape index (κ2) is 5.93. The first-order chi connectivity index (χ1) is 9.11. The van der Waals surface area contributed by atoms with Crippen LogP contribution in [0.5, 0.6) is 11.5 Å². The molecule has 0 aromatic heterocycles. The number of nitrogens with zero attached hydrogens (tertiary/aromatic N) is 1. The van der Waals surface area contributed by atoms with Crippen LogP contribution >= 0.6 is 0 Å². The van der Waals surface area contributed by atoms with Crippen LogP contribution in [-0.2, 0) is 4.74 Å². The number of carbonyl (C=O) groups excluding carboxylic acids is 1. The maximum Gasteiger partial charge on any atom is 0.257 e. The molecule has 1 aliphatic rings. The summed E-state index contributed by atoms with van der Waals surface area (Å²) in [6, 6.07) is 4.63. The number of ether oxygens (including phenoxy) is 2. The van der Waals surface area contributed by atoms with Crippen molar-refractivity contribution >= 4 is 5.91 Å². The highest BCUT2D eigenvalue weighted by atomic mass is 16.5. The summed E-state index contributed by atoms with van der Waals surface area (Å²) in [7, 11) is 3.24. The number of phenols is 1. The van der Waals surface area contributed by atoms with Gasteiger partial charge < -0.3 is 19.5 Å². The molecule has 1 saturated heterocycles. The average Bonchev–Trinajstić information content (AvgIpc) is 2.91. The standard InChI is InChI=1S/C14H19NO4/c1-15(9-11-4-3-7-19-11)14(17)12-8-10(18-2)5-6-13(12)16/h5-6,8,11,16H,3-4,7,9H2,1-2H3. The van der Waals surface area contributed by atoms with Gasteiger partial charge in [0.15, 0.2) is 0 Å². The van der Waals surface area contributed by atoms with Gasteiger partial charge in [-0.05, 0) is 31.0 Å². The highest BCUT2D eigenvalue weighted by Crippen LogP contribution is 2.24. The first-order valence-electron chi connectivity index (χ1n) is 6.36. The molecule has 2 rings (SSSR count). The van der Waals surface area contributed by atoms with E-state index in [-0.39, 0.29) is 23.3 Å². The molecule has 0 saturated carbocycles. The summed E-state index contributed by atoms with van der Waals surface area (Å²) >= 11 is 0. The van der Waals surface area contributed by atoms with Gasteiger partial charge in [0.2, 0.25) is 0 Å². The van der Waals surface area contributed by atoms with Crippen LogP contribution in [-0.4, -0.2) is 49.3 Å². The molecule has 1 aromatic rings. The van der Waals surface area contributed by atoms with E-state index < -0.39 is 0 Å². The van der Waals surface area contributed by atoms with E-state index in [0.717, 1.165) is 19.4 Å². The van der Waals surface area contributed by atoms with Crippen LogP contribution in [0.25, 0.3) is 0 Å². The molecule has 1 aromatic carbocycles. The minimum Gasteiger partial charge on any atom is -0.507 e. The Morgan fingerprint density at radius 3 is 3.00 bits per heavy atom. The van der Waals surface area contributed by atoms with Crippen LogP contribution in [0.1, 0.15) is 23.2 Å². The summed E-state index contributed by atoms with van der Waals surface area (Å²) in [6.07, 6.45) is 2.11. The third-order valence-corrected chi connectivity index (χ3v) is 3.28. The quantitative estimate of drug-likeness (QED) is 0.899. The molecule has 1 unspecified atom stereocenters. The number of methoxy groups -OCH3 is 1. The van der Waals surface area contributed by atoms with Crippen molar-refractivity contribution in [3.8, 4) is 11.5 Å². The van der Waals surface area contributed by atoms with Crippen LogP contribution < -0.4 is 4.74 Å². The van der Waals surface area contributed by atoms with E-state index in [1.54, 1.807) is 24.1 Å².